The van der Waals surface area contributed by atoms with Gasteiger partial charge in [0.2, 0.25) is 0 Å². The molecule has 2 aromatic heterocycles. The summed E-state index contributed by atoms with van der Waals surface area (Å²) in [6.07, 6.45) is 4.01. The van der Waals surface area contributed by atoms with Crippen LogP contribution in [0.15, 0.2) is 18.3 Å². The summed E-state index contributed by atoms with van der Waals surface area (Å²) in [5, 5.41) is 11.1. The molecule has 0 aliphatic carbocycles. The number of unbranched alkanes of at least 4 members (excludes halogenated alkanes) is 1. The van der Waals surface area contributed by atoms with E-state index in [4.69, 9.17) is 9.97 Å². The highest BCUT2D eigenvalue weighted by molar-refractivity contribution is 5.92. The Morgan fingerprint density at radius 3 is 2.24 bits per heavy atom. The quantitative estimate of drug-likeness (QED) is 0.588. The third kappa shape index (κ3) is 4.01. The van der Waals surface area contributed by atoms with E-state index in [2.05, 4.69) is 62.4 Å². The fourth-order valence-corrected chi connectivity index (χ4v) is 4.16. The van der Waals surface area contributed by atoms with E-state index in [1.54, 1.807) is 0 Å². The molecular weight excluding hydrogens is 360 g/mol. The van der Waals surface area contributed by atoms with E-state index in [1.165, 1.54) is 5.56 Å². The van der Waals surface area contributed by atoms with E-state index >= 15 is 0 Å². The van der Waals surface area contributed by atoms with E-state index in [0.717, 1.165) is 71.0 Å². The molecule has 1 aromatic carbocycles. The Kier molecular flexibility index (Phi) is 6.27. The molecule has 5 heteroatoms. The van der Waals surface area contributed by atoms with E-state index in [9.17, 15) is 5.11 Å². The maximum Gasteiger partial charge on any atom is 0.150 e. The van der Waals surface area contributed by atoms with Crippen LogP contribution in [0, 0.1) is 27.7 Å². The number of aliphatic hydroxyl groups is 1. The summed E-state index contributed by atoms with van der Waals surface area (Å²) in [7, 11) is 0. The molecule has 1 atom stereocenters. The second-order valence-corrected chi connectivity index (χ2v) is 8.09. The molecule has 0 radical (unpaired) electrons. The van der Waals surface area contributed by atoms with Crippen LogP contribution >= 0.6 is 0 Å². The summed E-state index contributed by atoms with van der Waals surface area (Å²) in [5.41, 5.74) is 6.48. The van der Waals surface area contributed by atoms with E-state index in [-0.39, 0.29) is 0 Å². The lowest BCUT2D eigenvalue weighted by molar-refractivity contribution is 0.199. The van der Waals surface area contributed by atoms with Crippen LogP contribution in [-0.4, -0.2) is 32.7 Å². The van der Waals surface area contributed by atoms with Crippen molar-refractivity contribution in [1.82, 2.24) is 14.5 Å². The van der Waals surface area contributed by atoms with Crippen LogP contribution in [0.25, 0.3) is 16.7 Å². The molecule has 29 heavy (non-hydrogen) atoms. The van der Waals surface area contributed by atoms with Crippen LogP contribution in [0.1, 0.15) is 67.8 Å². The first-order valence-corrected chi connectivity index (χ1v) is 10.7. The zero-order chi connectivity index (χ0) is 21.3. The van der Waals surface area contributed by atoms with Gasteiger partial charge in [-0.1, -0.05) is 25.5 Å². The molecule has 0 fully saturated rings. The largest absolute Gasteiger partial charge is 0.389 e. The zero-order valence-electron chi connectivity index (χ0n) is 18.9. The molecule has 0 bridgehead atoms. The lowest BCUT2D eigenvalue weighted by Gasteiger charge is -2.23. The maximum absolute atomic E-state index is 10.0. The van der Waals surface area contributed by atoms with Crippen molar-refractivity contribution in [2.24, 2.45) is 0 Å². The minimum Gasteiger partial charge on any atom is -0.389 e. The lowest BCUT2D eigenvalue weighted by atomic mass is 10.0. The lowest BCUT2D eigenvalue weighted by Crippen LogP contribution is -2.25. The fourth-order valence-electron chi connectivity index (χ4n) is 4.16. The summed E-state index contributed by atoms with van der Waals surface area (Å²) in [6, 6.07) is 4.14. The van der Waals surface area contributed by atoms with Gasteiger partial charge in [0, 0.05) is 19.3 Å². The fraction of sp³-hybridized carbons (Fsp3) is 0.500. The summed E-state index contributed by atoms with van der Waals surface area (Å²) in [6.45, 7) is 16.5. The second kappa shape index (κ2) is 8.54. The van der Waals surface area contributed by atoms with Crippen LogP contribution in [0.4, 0.5) is 5.82 Å². The number of nitrogens with zero attached hydrogens (tertiary/aromatic N) is 4. The Bertz CT molecular complexity index is 996. The topological polar surface area (TPSA) is 54.2 Å². The standard InChI is InChI=1S/C24H34N4O/c1-8-10-11-27(9-2)23-21-17(5)14-28(24(21)26-19(7)25-23)22-15(3)12-20(18(6)29)13-16(22)4/h12-14,18,29H,8-11H2,1-7H3. The molecule has 0 saturated heterocycles. The third-order valence-corrected chi connectivity index (χ3v) is 5.63. The van der Waals surface area contributed by atoms with Gasteiger partial charge < -0.3 is 14.6 Å². The Labute approximate surface area is 174 Å². The molecule has 1 unspecified atom stereocenters. The van der Waals surface area contributed by atoms with Crippen molar-refractivity contribution >= 4 is 16.9 Å². The Morgan fingerprint density at radius 1 is 1.03 bits per heavy atom. The van der Waals surface area contributed by atoms with Crippen LogP contribution in [0.2, 0.25) is 0 Å². The van der Waals surface area contributed by atoms with Crippen molar-refractivity contribution in [3.8, 4) is 5.69 Å². The number of hydrogen-bond acceptors (Lipinski definition) is 4. The van der Waals surface area contributed by atoms with Crippen molar-refractivity contribution < 1.29 is 5.11 Å². The molecule has 1 N–H and O–H groups in total. The van der Waals surface area contributed by atoms with Gasteiger partial charge in [0.25, 0.3) is 0 Å². The molecule has 0 spiro atoms. The van der Waals surface area contributed by atoms with Crippen LogP contribution in [0.5, 0.6) is 0 Å². The third-order valence-electron chi connectivity index (χ3n) is 5.63. The van der Waals surface area contributed by atoms with Crippen molar-refractivity contribution in [2.45, 2.75) is 67.4 Å². The Balaban J connectivity index is 2.25. The predicted molar refractivity (Wildman–Crippen MR) is 121 cm³/mol. The average Bonchev–Trinajstić information content (AvgIpc) is 2.97. The number of anilines is 1. The summed E-state index contributed by atoms with van der Waals surface area (Å²) >= 11 is 0. The van der Waals surface area contributed by atoms with Crippen molar-refractivity contribution in [3.05, 3.63) is 46.4 Å². The molecular formula is C24H34N4O. The highest BCUT2D eigenvalue weighted by Crippen LogP contribution is 2.33. The summed E-state index contributed by atoms with van der Waals surface area (Å²) in [5.74, 6) is 1.83. The zero-order valence-corrected chi connectivity index (χ0v) is 18.9. The molecule has 156 valence electrons. The minimum absolute atomic E-state index is 0.475. The molecule has 0 aliphatic rings. The number of hydrogen-bond donors (Lipinski definition) is 1. The Hall–Kier alpha value is -2.40. The van der Waals surface area contributed by atoms with Gasteiger partial charge in [-0.25, -0.2) is 9.97 Å². The Morgan fingerprint density at radius 2 is 1.69 bits per heavy atom. The van der Waals surface area contributed by atoms with E-state index < -0.39 is 6.10 Å². The summed E-state index contributed by atoms with van der Waals surface area (Å²) < 4.78 is 2.20. The normalized spacial score (nSPS) is 12.6. The van der Waals surface area contributed by atoms with Crippen molar-refractivity contribution in [2.75, 3.05) is 18.0 Å². The van der Waals surface area contributed by atoms with Crippen LogP contribution in [0.3, 0.4) is 0 Å². The molecule has 5 nitrogen and oxygen atoms in total. The smallest absolute Gasteiger partial charge is 0.150 e. The van der Waals surface area contributed by atoms with Crippen molar-refractivity contribution in [3.63, 3.8) is 0 Å². The first kappa shape index (κ1) is 21.3. The number of rotatable bonds is 7. The average molecular weight is 395 g/mol. The van der Waals surface area contributed by atoms with E-state index in [1.807, 2.05) is 13.8 Å². The van der Waals surface area contributed by atoms with Gasteiger partial charge in [0.05, 0.1) is 17.2 Å². The van der Waals surface area contributed by atoms with Gasteiger partial charge in [-0.2, -0.15) is 0 Å². The molecule has 0 amide bonds. The number of fused-ring (bicyclic) bond motifs is 1. The molecule has 0 saturated carbocycles. The highest BCUT2D eigenvalue weighted by atomic mass is 16.3. The first-order valence-electron chi connectivity index (χ1n) is 10.7. The highest BCUT2D eigenvalue weighted by Gasteiger charge is 2.20. The number of aliphatic hydroxyl groups excluding tert-OH is 1. The van der Waals surface area contributed by atoms with Crippen LogP contribution in [-0.2, 0) is 0 Å². The van der Waals surface area contributed by atoms with Crippen LogP contribution < -0.4 is 4.90 Å². The number of aryl methyl sites for hydroxylation is 4. The first-order chi connectivity index (χ1) is 13.8. The molecule has 3 rings (SSSR count). The van der Waals surface area contributed by atoms with Gasteiger partial charge in [-0.15, -0.1) is 0 Å². The maximum atomic E-state index is 10.0. The SMILES string of the molecule is CCCCN(CC)c1nc(C)nc2c1c(C)cn2-c1c(C)cc(C(C)O)cc1C. The van der Waals surface area contributed by atoms with E-state index in [0.29, 0.717) is 0 Å². The van der Waals surface area contributed by atoms with Gasteiger partial charge >= 0.3 is 0 Å². The van der Waals surface area contributed by atoms with Crippen molar-refractivity contribution in [1.29, 1.82) is 0 Å². The second-order valence-electron chi connectivity index (χ2n) is 8.09. The molecule has 0 aliphatic heterocycles. The van der Waals surface area contributed by atoms with Gasteiger partial charge in [-0.3, -0.25) is 0 Å². The molecule has 2 heterocycles. The van der Waals surface area contributed by atoms with Gasteiger partial charge in [-0.05, 0) is 70.2 Å². The van der Waals surface area contributed by atoms with Gasteiger partial charge in [0.1, 0.15) is 11.6 Å². The monoisotopic (exact) mass is 394 g/mol. The predicted octanol–water partition coefficient (Wildman–Crippen LogP) is 5.33. The minimum atomic E-state index is -0.475. The molecule has 3 aromatic rings. The summed E-state index contributed by atoms with van der Waals surface area (Å²) in [4.78, 5) is 12.1. The number of aromatic nitrogens is 3. The number of benzene rings is 1. The van der Waals surface area contributed by atoms with Gasteiger partial charge in [0.15, 0.2) is 5.65 Å².